The van der Waals surface area contributed by atoms with E-state index in [0.29, 0.717) is 12.6 Å². The fourth-order valence-electron chi connectivity index (χ4n) is 1.70. The lowest BCUT2D eigenvalue weighted by molar-refractivity contribution is -0.149. The van der Waals surface area contributed by atoms with Gasteiger partial charge < -0.3 is 4.74 Å². The predicted octanol–water partition coefficient (Wildman–Crippen LogP) is 2.85. The molecule has 0 amide bonds. The maximum atomic E-state index is 11.7. The van der Waals surface area contributed by atoms with Crippen LogP contribution in [-0.2, 0) is 16.1 Å². The Morgan fingerprint density at radius 2 is 1.78 bits per heavy atom. The van der Waals surface area contributed by atoms with Crippen LogP contribution in [0.1, 0.15) is 33.3 Å². The van der Waals surface area contributed by atoms with E-state index in [-0.39, 0.29) is 12.1 Å². The van der Waals surface area contributed by atoms with E-state index in [1.807, 2.05) is 32.0 Å². The van der Waals surface area contributed by atoms with Gasteiger partial charge in [-0.05, 0) is 33.3 Å². The van der Waals surface area contributed by atoms with Gasteiger partial charge in [0.25, 0.3) is 0 Å². The van der Waals surface area contributed by atoms with E-state index in [9.17, 15) is 4.79 Å². The van der Waals surface area contributed by atoms with Gasteiger partial charge in [0.15, 0.2) is 0 Å². The molecule has 0 N–H and O–H groups in total. The molecule has 3 nitrogen and oxygen atoms in total. The summed E-state index contributed by atoms with van der Waals surface area (Å²) in [7, 11) is 0. The molecule has 0 aliphatic heterocycles. The molecule has 100 valence electrons. The van der Waals surface area contributed by atoms with Crippen LogP contribution < -0.4 is 0 Å². The van der Waals surface area contributed by atoms with Crippen molar-refractivity contribution in [2.75, 3.05) is 6.54 Å². The number of nitrogens with zero attached hydrogens (tertiary/aromatic N) is 1. The van der Waals surface area contributed by atoms with Crippen LogP contribution in [0.15, 0.2) is 30.3 Å². The number of carbonyl (C=O) groups excluding carboxylic acids is 1. The average Bonchev–Trinajstić information content (AvgIpc) is 2.28. The molecule has 1 aromatic carbocycles. The lowest BCUT2D eigenvalue weighted by Crippen LogP contribution is -2.36. The maximum Gasteiger partial charge on any atom is 0.320 e. The van der Waals surface area contributed by atoms with Crippen LogP contribution in [0.25, 0.3) is 0 Å². The molecule has 0 aliphatic rings. The number of benzene rings is 1. The summed E-state index contributed by atoms with van der Waals surface area (Å²) in [6.45, 7) is 9.03. The fraction of sp³-hybridized carbons (Fsp3) is 0.533. The zero-order valence-electron chi connectivity index (χ0n) is 11.7. The van der Waals surface area contributed by atoms with Gasteiger partial charge in [-0.15, -0.1) is 0 Å². The Labute approximate surface area is 110 Å². The molecule has 1 rings (SSSR count). The molecule has 0 atom stereocenters. The number of ether oxygens (including phenoxy) is 1. The van der Waals surface area contributed by atoms with Crippen molar-refractivity contribution in [1.29, 1.82) is 0 Å². The first-order valence-corrected chi connectivity index (χ1v) is 6.46. The van der Waals surface area contributed by atoms with Gasteiger partial charge in [-0.25, -0.2) is 0 Å². The van der Waals surface area contributed by atoms with Gasteiger partial charge >= 0.3 is 5.97 Å². The van der Waals surface area contributed by atoms with Crippen molar-refractivity contribution in [3.05, 3.63) is 35.9 Å². The predicted molar refractivity (Wildman–Crippen MR) is 73.2 cm³/mol. The molecule has 0 aromatic heterocycles. The number of esters is 1. The Kier molecular flexibility index (Phi) is 5.86. The average molecular weight is 249 g/mol. The molecule has 0 unspecified atom stereocenters. The van der Waals surface area contributed by atoms with E-state index < -0.39 is 0 Å². The third kappa shape index (κ3) is 5.32. The molecule has 0 bridgehead atoms. The van der Waals surface area contributed by atoms with Crippen LogP contribution in [0.5, 0.6) is 0 Å². The van der Waals surface area contributed by atoms with E-state index in [2.05, 4.69) is 30.9 Å². The van der Waals surface area contributed by atoms with Crippen molar-refractivity contribution < 1.29 is 9.53 Å². The monoisotopic (exact) mass is 249 g/mol. The summed E-state index contributed by atoms with van der Waals surface area (Å²) in [4.78, 5) is 13.8. The van der Waals surface area contributed by atoms with E-state index in [1.165, 1.54) is 5.56 Å². The van der Waals surface area contributed by atoms with E-state index in [0.717, 1.165) is 6.54 Å². The molecular formula is C15H23NO2. The molecular weight excluding hydrogens is 226 g/mol. The summed E-state index contributed by atoms with van der Waals surface area (Å²) in [5.74, 6) is -0.158. The first kappa shape index (κ1) is 14.7. The second-order valence-corrected chi connectivity index (χ2v) is 5.02. The number of rotatable bonds is 6. The number of hydrogen-bond acceptors (Lipinski definition) is 3. The van der Waals surface area contributed by atoms with Gasteiger partial charge in [0, 0.05) is 12.6 Å². The Morgan fingerprint density at radius 3 is 2.28 bits per heavy atom. The van der Waals surface area contributed by atoms with Crippen molar-refractivity contribution in [1.82, 2.24) is 4.90 Å². The van der Waals surface area contributed by atoms with Crippen LogP contribution in [0.4, 0.5) is 0 Å². The Morgan fingerprint density at radius 1 is 1.17 bits per heavy atom. The summed E-state index contributed by atoms with van der Waals surface area (Å²) >= 11 is 0. The minimum absolute atomic E-state index is 0.0526. The smallest absolute Gasteiger partial charge is 0.320 e. The lowest BCUT2D eigenvalue weighted by Gasteiger charge is -2.25. The van der Waals surface area contributed by atoms with Crippen LogP contribution in [0.2, 0.25) is 0 Å². The standard InChI is InChI=1S/C15H23NO2/c1-12(2)16(11-15(17)18-13(3)4)10-14-8-6-5-7-9-14/h5-9,12-13H,10-11H2,1-4H3. The minimum atomic E-state index is -0.158. The molecule has 0 radical (unpaired) electrons. The molecule has 0 fully saturated rings. The van der Waals surface area contributed by atoms with Crippen LogP contribution in [0, 0.1) is 0 Å². The molecule has 1 aromatic rings. The van der Waals surface area contributed by atoms with Crippen LogP contribution in [0.3, 0.4) is 0 Å². The number of carbonyl (C=O) groups is 1. The van der Waals surface area contributed by atoms with Crippen molar-refractivity contribution in [3.63, 3.8) is 0 Å². The quantitative estimate of drug-likeness (QED) is 0.726. The van der Waals surface area contributed by atoms with Crippen molar-refractivity contribution in [2.45, 2.75) is 46.4 Å². The van der Waals surface area contributed by atoms with Gasteiger partial charge in [0.05, 0.1) is 12.6 Å². The van der Waals surface area contributed by atoms with E-state index in [4.69, 9.17) is 4.74 Å². The summed E-state index contributed by atoms with van der Waals surface area (Å²) < 4.78 is 5.19. The van der Waals surface area contributed by atoms with Crippen molar-refractivity contribution >= 4 is 5.97 Å². The summed E-state index contributed by atoms with van der Waals surface area (Å²) in [5, 5.41) is 0. The fourth-order valence-corrected chi connectivity index (χ4v) is 1.70. The number of hydrogen-bond donors (Lipinski definition) is 0. The molecule has 0 aliphatic carbocycles. The molecule has 18 heavy (non-hydrogen) atoms. The third-order valence-corrected chi connectivity index (χ3v) is 2.66. The topological polar surface area (TPSA) is 29.5 Å². The molecule has 3 heteroatoms. The Hall–Kier alpha value is -1.35. The van der Waals surface area contributed by atoms with Gasteiger partial charge in [-0.1, -0.05) is 30.3 Å². The highest BCUT2D eigenvalue weighted by Gasteiger charge is 2.16. The largest absolute Gasteiger partial charge is 0.462 e. The first-order valence-electron chi connectivity index (χ1n) is 6.46. The van der Waals surface area contributed by atoms with Gasteiger partial charge in [-0.2, -0.15) is 0 Å². The van der Waals surface area contributed by atoms with Crippen molar-refractivity contribution in [2.24, 2.45) is 0 Å². The van der Waals surface area contributed by atoms with E-state index in [1.54, 1.807) is 0 Å². The molecule has 0 heterocycles. The highest BCUT2D eigenvalue weighted by atomic mass is 16.5. The Balaban J connectivity index is 2.58. The Bertz CT molecular complexity index is 360. The van der Waals surface area contributed by atoms with Crippen LogP contribution >= 0.6 is 0 Å². The zero-order chi connectivity index (χ0) is 13.5. The summed E-state index contributed by atoms with van der Waals surface area (Å²) in [6, 6.07) is 10.5. The SMILES string of the molecule is CC(C)OC(=O)CN(Cc1ccccc1)C(C)C. The third-order valence-electron chi connectivity index (χ3n) is 2.66. The highest BCUT2D eigenvalue weighted by Crippen LogP contribution is 2.08. The molecule has 0 saturated carbocycles. The first-order chi connectivity index (χ1) is 8.49. The maximum absolute atomic E-state index is 11.7. The van der Waals surface area contributed by atoms with E-state index >= 15 is 0 Å². The van der Waals surface area contributed by atoms with Gasteiger partial charge in [-0.3, -0.25) is 9.69 Å². The second kappa shape index (κ2) is 7.17. The molecule has 0 saturated heterocycles. The molecule has 0 spiro atoms. The highest BCUT2D eigenvalue weighted by molar-refractivity contribution is 5.71. The summed E-state index contributed by atoms with van der Waals surface area (Å²) in [6.07, 6.45) is -0.0526. The summed E-state index contributed by atoms with van der Waals surface area (Å²) in [5.41, 5.74) is 1.21. The minimum Gasteiger partial charge on any atom is -0.462 e. The van der Waals surface area contributed by atoms with Crippen LogP contribution in [-0.4, -0.2) is 29.6 Å². The van der Waals surface area contributed by atoms with Crippen molar-refractivity contribution in [3.8, 4) is 0 Å². The second-order valence-electron chi connectivity index (χ2n) is 5.02. The lowest BCUT2D eigenvalue weighted by atomic mass is 10.2. The normalized spacial score (nSPS) is 11.3. The van der Waals surface area contributed by atoms with Gasteiger partial charge in [0.2, 0.25) is 0 Å². The zero-order valence-corrected chi connectivity index (χ0v) is 11.7. The van der Waals surface area contributed by atoms with Gasteiger partial charge in [0.1, 0.15) is 0 Å².